The summed E-state index contributed by atoms with van der Waals surface area (Å²) < 4.78 is 4.93. The van der Waals surface area contributed by atoms with E-state index in [0.29, 0.717) is 18.8 Å². The summed E-state index contributed by atoms with van der Waals surface area (Å²) in [5, 5.41) is 2.77. The highest BCUT2D eigenvalue weighted by Gasteiger charge is 2.15. The molecule has 2 rings (SSSR count). The molecule has 1 aromatic heterocycles. The van der Waals surface area contributed by atoms with Gasteiger partial charge in [-0.05, 0) is 19.4 Å². The normalized spacial score (nSPS) is 10.7. The minimum atomic E-state index is -0.223. The SMILES string of the molecule is COCCNC(=O)c1cc(N(Cc2ccccc2)C(C)C)ncn1. The van der Waals surface area contributed by atoms with Gasteiger partial charge in [-0.2, -0.15) is 0 Å². The molecule has 0 aliphatic carbocycles. The minimum Gasteiger partial charge on any atom is -0.383 e. The summed E-state index contributed by atoms with van der Waals surface area (Å²) in [6.45, 7) is 5.84. The number of methoxy groups -OCH3 is 1. The number of hydrogen-bond donors (Lipinski definition) is 1. The Morgan fingerprint density at radius 2 is 2.00 bits per heavy atom. The van der Waals surface area contributed by atoms with E-state index in [0.717, 1.165) is 12.4 Å². The third-order valence-corrected chi connectivity index (χ3v) is 3.59. The lowest BCUT2D eigenvalue weighted by atomic mass is 10.2. The van der Waals surface area contributed by atoms with Gasteiger partial charge in [0.15, 0.2) is 0 Å². The maximum atomic E-state index is 12.1. The molecule has 0 unspecified atom stereocenters. The average molecular weight is 328 g/mol. The molecule has 1 heterocycles. The van der Waals surface area contributed by atoms with Gasteiger partial charge in [0.05, 0.1) is 6.61 Å². The van der Waals surface area contributed by atoms with Crippen LogP contribution in [0.3, 0.4) is 0 Å². The van der Waals surface area contributed by atoms with Crippen LogP contribution in [0.1, 0.15) is 29.9 Å². The number of aromatic nitrogens is 2. The molecule has 2 aromatic rings. The number of carbonyl (C=O) groups is 1. The number of nitrogens with zero attached hydrogens (tertiary/aromatic N) is 3. The molecule has 0 fully saturated rings. The largest absolute Gasteiger partial charge is 0.383 e. The van der Waals surface area contributed by atoms with Crippen molar-refractivity contribution in [1.82, 2.24) is 15.3 Å². The summed E-state index contributed by atoms with van der Waals surface area (Å²) in [6.07, 6.45) is 1.43. The summed E-state index contributed by atoms with van der Waals surface area (Å²) >= 11 is 0. The molecule has 128 valence electrons. The molecular weight excluding hydrogens is 304 g/mol. The molecule has 1 N–H and O–H groups in total. The summed E-state index contributed by atoms with van der Waals surface area (Å²) in [5.74, 6) is 0.514. The number of hydrogen-bond acceptors (Lipinski definition) is 5. The van der Waals surface area contributed by atoms with E-state index < -0.39 is 0 Å². The number of anilines is 1. The van der Waals surface area contributed by atoms with E-state index >= 15 is 0 Å². The molecule has 0 atom stereocenters. The molecule has 0 saturated heterocycles. The fourth-order valence-electron chi connectivity index (χ4n) is 2.29. The van der Waals surface area contributed by atoms with Crippen LogP contribution in [-0.2, 0) is 11.3 Å². The Hall–Kier alpha value is -2.47. The van der Waals surface area contributed by atoms with E-state index in [2.05, 4.69) is 46.2 Å². The molecule has 0 aliphatic heterocycles. The predicted molar refractivity (Wildman–Crippen MR) is 94.0 cm³/mol. The molecule has 6 heteroatoms. The summed E-state index contributed by atoms with van der Waals surface area (Å²) in [6, 6.07) is 12.2. The fourth-order valence-corrected chi connectivity index (χ4v) is 2.29. The van der Waals surface area contributed by atoms with Crippen LogP contribution in [0.25, 0.3) is 0 Å². The van der Waals surface area contributed by atoms with Gasteiger partial charge in [0.2, 0.25) is 0 Å². The molecule has 1 amide bonds. The Labute approximate surface area is 142 Å². The molecule has 0 bridgehead atoms. The highest BCUT2D eigenvalue weighted by Crippen LogP contribution is 2.18. The third-order valence-electron chi connectivity index (χ3n) is 3.59. The van der Waals surface area contributed by atoms with Crippen LogP contribution < -0.4 is 10.2 Å². The number of amides is 1. The van der Waals surface area contributed by atoms with Gasteiger partial charge in [-0.1, -0.05) is 30.3 Å². The van der Waals surface area contributed by atoms with Crippen molar-refractivity contribution in [1.29, 1.82) is 0 Å². The lowest BCUT2D eigenvalue weighted by Crippen LogP contribution is -2.32. The Balaban J connectivity index is 2.15. The summed E-state index contributed by atoms with van der Waals surface area (Å²) in [5.41, 5.74) is 1.55. The van der Waals surface area contributed by atoms with Gasteiger partial charge in [-0.25, -0.2) is 9.97 Å². The first-order valence-electron chi connectivity index (χ1n) is 8.01. The van der Waals surface area contributed by atoms with Gasteiger partial charge in [0.25, 0.3) is 5.91 Å². The first kappa shape index (κ1) is 17.9. The molecule has 1 aromatic carbocycles. The van der Waals surface area contributed by atoms with Gasteiger partial charge >= 0.3 is 0 Å². The monoisotopic (exact) mass is 328 g/mol. The zero-order valence-electron chi connectivity index (χ0n) is 14.4. The minimum absolute atomic E-state index is 0.223. The average Bonchev–Trinajstić information content (AvgIpc) is 2.60. The van der Waals surface area contributed by atoms with Crippen molar-refractivity contribution >= 4 is 11.7 Å². The number of nitrogens with one attached hydrogen (secondary N) is 1. The van der Waals surface area contributed by atoms with Crippen LogP contribution in [0.4, 0.5) is 5.82 Å². The van der Waals surface area contributed by atoms with Crippen LogP contribution in [0.2, 0.25) is 0 Å². The van der Waals surface area contributed by atoms with Gasteiger partial charge in [0, 0.05) is 32.3 Å². The van der Waals surface area contributed by atoms with Crippen LogP contribution in [0.5, 0.6) is 0 Å². The lowest BCUT2D eigenvalue weighted by Gasteiger charge is -2.28. The molecule has 0 spiro atoms. The summed E-state index contributed by atoms with van der Waals surface area (Å²) in [7, 11) is 1.60. The quantitative estimate of drug-likeness (QED) is 0.753. The Morgan fingerprint density at radius 1 is 1.25 bits per heavy atom. The zero-order chi connectivity index (χ0) is 17.4. The second-order valence-electron chi connectivity index (χ2n) is 5.72. The fraction of sp³-hybridized carbons (Fsp3) is 0.389. The number of rotatable bonds is 8. The van der Waals surface area contributed by atoms with Crippen molar-refractivity contribution < 1.29 is 9.53 Å². The van der Waals surface area contributed by atoms with E-state index in [9.17, 15) is 4.79 Å². The van der Waals surface area contributed by atoms with Crippen molar-refractivity contribution in [2.45, 2.75) is 26.4 Å². The molecule has 0 saturated carbocycles. The first-order valence-corrected chi connectivity index (χ1v) is 8.01. The molecule has 0 radical (unpaired) electrons. The zero-order valence-corrected chi connectivity index (χ0v) is 14.4. The standard InChI is InChI=1S/C18H24N4O2/c1-14(2)22(12-15-7-5-4-6-8-15)17-11-16(20-13-21-17)18(23)19-9-10-24-3/h4-8,11,13-14H,9-10,12H2,1-3H3,(H,19,23). The van der Waals surface area contributed by atoms with Gasteiger partial charge in [-0.3, -0.25) is 4.79 Å². The highest BCUT2D eigenvalue weighted by molar-refractivity contribution is 5.92. The van der Waals surface area contributed by atoms with Crippen molar-refractivity contribution in [2.75, 3.05) is 25.2 Å². The van der Waals surface area contributed by atoms with Gasteiger partial charge in [0.1, 0.15) is 17.8 Å². The van der Waals surface area contributed by atoms with E-state index in [1.165, 1.54) is 11.9 Å². The molecule has 24 heavy (non-hydrogen) atoms. The van der Waals surface area contributed by atoms with E-state index in [1.54, 1.807) is 13.2 Å². The first-order chi connectivity index (χ1) is 11.6. The Morgan fingerprint density at radius 3 is 2.67 bits per heavy atom. The molecule has 6 nitrogen and oxygen atoms in total. The second kappa shape index (κ2) is 8.98. The van der Waals surface area contributed by atoms with E-state index in [-0.39, 0.29) is 11.9 Å². The smallest absolute Gasteiger partial charge is 0.270 e. The van der Waals surface area contributed by atoms with E-state index in [1.807, 2.05) is 18.2 Å². The van der Waals surface area contributed by atoms with Crippen LogP contribution in [0, 0.1) is 0 Å². The third kappa shape index (κ3) is 5.03. The summed E-state index contributed by atoms with van der Waals surface area (Å²) in [4.78, 5) is 22.7. The lowest BCUT2D eigenvalue weighted by molar-refractivity contribution is 0.0932. The van der Waals surface area contributed by atoms with Crippen LogP contribution >= 0.6 is 0 Å². The van der Waals surface area contributed by atoms with Crippen LogP contribution in [0.15, 0.2) is 42.7 Å². The van der Waals surface area contributed by atoms with Crippen molar-refractivity contribution in [2.24, 2.45) is 0 Å². The molecule has 0 aliphatic rings. The Kier molecular flexibility index (Phi) is 6.69. The van der Waals surface area contributed by atoms with Crippen molar-refractivity contribution in [3.8, 4) is 0 Å². The predicted octanol–water partition coefficient (Wildman–Crippen LogP) is 2.27. The highest BCUT2D eigenvalue weighted by atomic mass is 16.5. The number of benzene rings is 1. The topological polar surface area (TPSA) is 67.3 Å². The van der Waals surface area contributed by atoms with E-state index in [4.69, 9.17) is 4.74 Å². The Bertz CT molecular complexity index is 646. The van der Waals surface area contributed by atoms with Gasteiger partial charge < -0.3 is 15.0 Å². The van der Waals surface area contributed by atoms with Crippen molar-refractivity contribution in [3.05, 3.63) is 54.0 Å². The maximum absolute atomic E-state index is 12.1. The van der Waals surface area contributed by atoms with Gasteiger partial charge in [-0.15, -0.1) is 0 Å². The van der Waals surface area contributed by atoms with Crippen LogP contribution in [-0.4, -0.2) is 42.2 Å². The number of carbonyl (C=O) groups excluding carboxylic acids is 1. The number of ether oxygens (including phenoxy) is 1. The molecular formula is C18H24N4O2. The van der Waals surface area contributed by atoms with Crippen molar-refractivity contribution in [3.63, 3.8) is 0 Å². The second-order valence-corrected chi connectivity index (χ2v) is 5.72. The maximum Gasteiger partial charge on any atom is 0.270 e.